The number of carbonyl (C=O) groups is 1. The van der Waals surface area contributed by atoms with Crippen LogP contribution in [0.5, 0.6) is 0 Å². The maximum absolute atomic E-state index is 11.4. The molecular weight excluding hydrogens is 192 g/mol. The van der Waals surface area contributed by atoms with Crippen LogP contribution in [0, 0.1) is 5.92 Å². The molecule has 4 heteroatoms. The number of aliphatic hydroxyl groups is 1. The zero-order valence-corrected chi connectivity index (χ0v) is 9.84. The van der Waals surface area contributed by atoms with Crippen molar-refractivity contribution in [2.45, 2.75) is 45.3 Å². The van der Waals surface area contributed by atoms with Crippen molar-refractivity contribution < 1.29 is 9.90 Å². The van der Waals surface area contributed by atoms with Gasteiger partial charge in [-0.25, -0.2) is 0 Å². The second-order valence-electron chi connectivity index (χ2n) is 5.42. The molecule has 1 aliphatic rings. The summed E-state index contributed by atoms with van der Waals surface area (Å²) in [5.41, 5.74) is -0.161. The van der Waals surface area contributed by atoms with Crippen molar-refractivity contribution in [1.29, 1.82) is 0 Å². The third-order valence-electron chi connectivity index (χ3n) is 2.44. The van der Waals surface area contributed by atoms with Crippen LogP contribution < -0.4 is 10.6 Å². The molecule has 1 fully saturated rings. The second-order valence-corrected chi connectivity index (χ2v) is 5.42. The fraction of sp³-hybridized carbons (Fsp3) is 0.909. The van der Waals surface area contributed by atoms with Gasteiger partial charge in [-0.05, 0) is 46.1 Å². The first-order valence-corrected chi connectivity index (χ1v) is 5.56. The van der Waals surface area contributed by atoms with Gasteiger partial charge in [0, 0.05) is 5.54 Å². The van der Waals surface area contributed by atoms with E-state index >= 15 is 0 Å². The van der Waals surface area contributed by atoms with Crippen molar-refractivity contribution in [3.8, 4) is 0 Å². The molecule has 1 rings (SSSR count). The van der Waals surface area contributed by atoms with Gasteiger partial charge in [-0.1, -0.05) is 0 Å². The van der Waals surface area contributed by atoms with Crippen molar-refractivity contribution >= 4 is 5.91 Å². The molecule has 1 amide bonds. The lowest BCUT2D eigenvalue weighted by Crippen LogP contribution is -2.46. The quantitative estimate of drug-likeness (QED) is 0.629. The zero-order chi connectivity index (χ0) is 11.5. The fourth-order valence-electron chi connectivity index (χ4n) is 1.72. The van der Waals surface area contributed by atoms with Crippen LogP contribution in [0.25, 0.3) is 0 Å². The molecule has 3 N–H and O–H groups in total. The molecule has 1 saturated carbocycles. The summed E-state index contributed by atoms with van der Waals surface area (Å²) in [7, 11) is 0. The summed E-state index contributed by atoms with van der Waals surface area (Å²) in [5.74, 6) is 0.574. The summed E-state index contributed by atoms with van der Waals surface area (Å²) >= 11 is 0. The van der Waals surface area contributed by atoms with E-state index in [2.05, 4.69) is 10.6 Å². The molecule has 0 spiro atoms. The van der Waals surface area contributed by atoms with Crippen LogP contribution in [0.15, 0.2) is 0 Å². The Morgan fingerprint density at radius 2 is 2.00 bits per heavy atom. The van der Waals surface area contributed by atoms with Crippen molar-refractivity contribution in [3.63, 3.8) is 0 Å². The number of rotatable bonds is 4. The molecule has 4 nitrogen and oxygen atoms in total. The highest BCUT2D eigenvalue weighted by Gasteiger charge is 2.26. The van der Waals surface area contributed by atoms with Gasteiger partial charge < -0.3 is 15.7 Å². The van der Waals surface area contributed by atoms with Gasteiger partial charge in [0.1, 0.15) is 0 Å². The van der Waals surface area contributed by atoms with Crippen molar-refractivity contribution in [1.82, 2.24) is 10.6 Å². The highest BCUT2D eigenvalue weighted by atomic mass is 16.3. The summed E-state index contributed by atoms with van der Waals surface area (Å²) in [6, 6.07) is 0. The topological polar surface area (TPSA) is 61.4 Å². The van der Waals surface area contributed by atoms with Crippen LogP contribution in [0.1, 0.15) is 33.6 Å². The van der Waals surface area contributed by atoms with E-state index in [0.717, 1.165) is 19.4 Å². The first-order valence-electron chi connectivity index (χ1n) is 5.56. The molecule has 1 aliphatic carbocycles. The summed E-state index contributed by atoms with van der Waals surface area (Å²) < 4.78 is 0. The highest BCUT2D eigenvalue weighted by Crippen LogP contribution is 2.25. The Labute approximate surface area is 91.4 Å². The molecule has 0 heterocycles. The Kier molecular flexibility index (Phi) is 4.11. The minimum atomic E-state index is -0.161. The average Bonchev–Trinajstić information content (AvgIpc) is 1.97. The third-order valence-corrected chi connectivity index (χ3v) is 2.44. The van der Waals surface area contributed by atoms with E-state index in [1.54, 1.807) is 0 Å². The average molecular weight is 214 g/mol. The molecule has 0 aromatic heterocycles. The van der Waals surface area contributed by atoms with Crippen molar-refractivity contribution in [3.05, 3.63) is 0 Å². The molecule has 0 radical (unpaired) electrons. The molecule has 0 atom stereocenters. The van der Waals surface area contributed by atoms with Gasteiger partial charge in [0.25, 0.3) is 0 Å². The molecule has 0 aromatic carbocycles. The Balaban J connectivity index is 2.02. The minimum Gasteiger partial charge on any atom is -0.393 e. The van der Waals surface area contributed by atoms with Crippen LogP contribution >= 0.6 is 0 Å². The van der Waals surface area contributed by atoms with E-state index in [9.17, 15) is 4.79 Å². The van der Waals surface area contributed by atoms with Crippen LogP contribution in [-0.2, 0) is 4.79 Å². The Morgan fingerprint density at radius 1 is 1.40 bits per heavy atom. The van der Waals surface area contributed by atoms with Crippen molar-refractivity contribution in [2.24, 2.45) is 5.92 Å². The number of nitrogens with one attached hydrogen (secondary N) is 2. The molecule has 0 aromatic rings. The second kappa shape index (κ2) is 4.94. The van der Waals surface area contributed by atoms with Crippen LogP contribution in [0.2, 0.25) is 0 Å². The van der Waals surface area contributed by atoms with Gasteiger partial charge >= 0.3 is 0 Å². The maximum atomic E-state index is 11.4. The van der Waals surface area contributed by atoms with Gasteiger partial charge in [-0.15, -0.1) is 0 Å². The van der Waals surface area contributed by atoms with Crippen LogP contribution in [-0.4, -0.2) is 35.7 Å². The van der Waals surface area contributed by atoms with E-state index in [-0.39, 0.29) is 17.6 Å². The molecule has 0 saturated heterocycles. The van der Waals surface area contributed by atoms with Gasteiger partial charge in [-0.2, -0.15) is 0 Å². The highest BCUT2D eigenvalue weighted by molar-refractivity contribution is 5.78. The predicted molar refractivity (Wildman–Crippen MR) is 59.5 cm³/mol. The zero-order valence-electron chi connectivity index (χ0n) is 9.84. The first-order chi connectivity index (χ1) is 6.87. The lowest BCUT2D eigenvalue weighted by molar-refractivity contribution is -0.121. The standard InChI is InChI=1S/C11H22N2O2/c1-11(2,3)13-10(15)7-12-6-8-4-9(14)5-8/h8-9,12,14H,4-7H2,1-3H3,(H,13,15). The minimum absolute atomic E-state index is 0.0300. The van der Waals surface area contributed by atoms with Crippen LogP contribution in [0.4, 0.5) is 0 Å². The van der Waals surface area contributed by atoms with Gasteiger partial charge in [-0.3, -0.25) is 4.79 Å². The van der Waals surface area contributed by atoms with Gasteiger partial charge in [0.05, 0.1) is 12.6 Å². The van der Waals surface area contributed by atoms with E-state index in [0.29, 0.717) is 12.5 Å². The predicted octanol–water partition coefficient (Wildman–Crippen LogP) is 0.262. The fourth-order valence-corrected chi connectivity index (χ4v) is 1.72. The largest absolute Gasteiger partial charge is 0.393 e. The monoisotopic (exact) mass is 214 g/mol. The Morgan fingerprint density at radius 3 is 2.47 bits per heavy atom. The smallest absolute Gasteiger partial charge is 0.234 e. The number of aliphatic hydroxyl groups excluding tert-OH is 1. The first kappa shape index (κ1) is 12.5. The van der Waals surface area contributed by atoms with E-state index in [4.69, 9.17) is 5.11 Å². The lowest BCUT2D eigenvalue weighted by atomic mass is 9.82. The van der Waals surface area contributed by atoms with E-state index in [1.807, 2.05) is 20.8 Å². The maximum Gasteiger partial charge on any atom is 0.234 e. The number of hydrogen-bond acceptors (Lipinski definition) is 3. The number of hydrogen-bond donors (Lipinski definition) is 3. The molecule has 15 heavy (non-hydrogen) atoms. The Bertz CT molecular complexity index is 217. The van der Waals surface area contributed by atoms with Crippen molar-refractivity contribution in [2.75, 3.05) is 13.1 Å². The number of amides is 1. The van der Waals surface area contributed by atoms with E-state index < -0.39 is 0 Å². The Hall–Kier alpha value is -0.610. The SMILES string of the molecule is CC(C)(C)NC(=O)CNCC1CC(O)C1. The molecule has 88 valence electrons. The summed E-state index contributed by atoms with van der Waals surface area (Å²) in [6.07, 6.45) is 1.63. The molecule has 0 aliphatic heterocycles. The summed E-state index contributed by atoms with van der Waals surface area (Å²) in [4.78, 5) is 11.4. The van der Waals surface area contributed by atoms with Crippen LogP contribution in [0.3, 0.4) is 0 Å². The summed E-state index contributed by atoms with van der Waals surface area (Å²) in [6.45, 7) is 7.09. The lowest BCUT2D eigenvalue weighted by Gasteiger charge is -2.31. The molecule has 0 bridgehead atoms. The summed E-state index contributed by atoms with van der Waals surface area (Å²) in [5, 5.41) is 15.1. The number of carbonyl (C=O) groups excluding carboxylic acids is 1. The van der Waals surface area contributed by atoms with Gasteiger partial charge in [0.2, 0.25) is 5.91 Å². The molecule has 0 unspecified atom stereocenters. The normalized spacial score (nSPS) is 25.9. The van der Waals surface area contributed by atoms with Gasteiger partial charge in [0.15, 0.2) is 0 Å². The third kappa shape index (κ3) is 5.14. The van der Waals surface area contributed by atoms with E-state index in [1.165, 1.54) is 0 Å². The molecular formula is C11H22N2O2.